The molecule has 1 fully saturated rings. The van der Waals surface area contributed by atoms with E-state index in [4.69, 9.17) is 11.6 Å². The quantitative estimate of drug-likeness (QED) is 0.704. The van der Waals surface area contributed by atoms with Gasteiger partial charge < -0.3 is 15.1 Å². The van der Waals surface area contributed by atoms with Crippen LogP contribution in [0.1, 0.15) is 5.56 Å². The number of anilines is 2. The van der Waals surface area contributed by atoms with Gasteiger partial charge in [0.15, 0.2) is 0 Å². The summed E-state index contributed by atoms with van der Waals surface area (Å²) < 4.78 is 38.0. The summed E-state index contributed by atoms with van der Waals surface area (Å²) in [6.07, 6.45) is -3.59. The van der Waals surface area contributed by atoms with Gasteiger partial charge in [-0.05, 0) is 24.3 Å². The minimum Gasteiger partial charge on any atom is -0.354 e. The predicted octanol–water partition coefficient (Wildman–Crippen LogP) is 2.97. The van der Waals surface area contributed by atoms with Crippen LogP contribution in [0.2, 0.25) is 5.02 Å². The van der Waals surface area contributed by atoms with Crippen molar-refractivity contribution in [2.24, 2.45) is 0 Å². The summed E-state index contributed by atoms with van der Waals surface area (Å²) in [5, 5.41) is 3.09. The lowest BCUT2D eigenvalue weighted by molar-refractivity contribution is -0.137. The Kier molecular flexibility index (Phi) is 7.57. The fourth-order valence-corrected chi connectivity index (χ4v) is 3.43. The van der Waals surface area contributed by atoms with Crippen molar-refractivity contribution >= 4 is 34.9 Å². The molecule has 0 bridgehead atoms. The Hall–Kier alpha value is -2.85. The first-order valence-corrected chi connectivity index (χ1v) is 10.3. The van der Waals surface area contributed by atoms with Crippen LogP contribution in [-0.4, -0.2) is 72.9 Å². The molecule has 1 aromatic carbocycles. The van der Waals surface area contributed by atoms with Crippen LogP contribution in [-0.2, 0) is 15.8 Å². The summed E-state index contributed by atoms with van der Waals surface area (Å²) in [6.45, 7) is 2.19. The van der Waals surface area contributed by atoms with E-state index >= 15 is 0 Å². The number of piperazine rings is 1. The maximum atomic E-state index is 12.7. The first-order chi connectivity index (χ1) is 15.1. The summed E-state index contributed by atoms with van der Waals surface area (Å²) in [5.74, 6) is -0.0927. The molecule has 2 amide bonds. The molecule has 1 aliphatic heterocycles. The Morgan fingerprint density at radius 2 is 1.81 bits per heavy atom. The average molecular weight is 470 g/mol. The number of carbonyl (C=O) groups is 2. The highest BCUT2D eigenvalue weighted by Crippen LogP contribution is 2.29. The highest BCUT2D eigenvalue weighted by atomic mass is 35.5. The third kappa shape index (κ3) is 6.33. The van der Waals surface area contributed by atoms with E-state index in [9.17, 15) is 22.8 Å². The third-order valence-electron chi connectivity index (χ3n) is 5.08. The Morgan fingerprint density at radius 1 is 1.12 bits per heavy atom. The zero-order valence-electron chi connectivity index (χ0n) is 17.4. The third-order valence-corrected chi connectivity index (χ3v) is 5.41. The summed E-state index contributed by atoms with van der Waals surface area (Å²) in [6, 6.07) is 9.20. The molecule has 3 rings (SSSR count). The number of amides is 2. The Labute approximate surface area is 188 Å². The van der Waals surface area contributed by atoms with Crippen molar-refractivity contribution < 1.29 is 22.8 Å². The van der Waals surface area contributed by atoms with Gasteiger partial charge in [-0.25, -0.2) is 4.98 Å². The second-order valence-electron chi connectivity index (χ2n) is 7.44. The number of nitrogens with zero attached hydrogens (tertiary/aromatic N) is 4. The number of hydrogen-bond acceptors (Lipinski definition) is 5. The van der Waals surface area contributed by atoms with Crippen molar-refractivity contribution in [1.82, 2.24) is 14.8 Å². The van der Waals surface area contributed by atoms with Crippen LogP contribution in [0.3, 0.4) is 0 Å². The van der Waals surface area contributed by atoms with Gasteiger partial charge in [-0.1, -0.05) is 23.7 Å². The van der Waals surface area contributed by atoms with Crippen molar-refractivity contribution in [3.8, 4) is 0 Å². The molecule has 0 spiro atoms. The Balaban J connectivity index is 1.44. The maximum Gasteiger partial charge on any atom is 0.417 e. The summed E-state index contributed by atoms with van der Waals surface area (Å²) in [5.41, 5.74) is -0.305. The highest BCUT2D eigenvalue weighted by Gasteiger charge is 2.31. The summed E-state index contributed by atoms with van der Waals surface area (Å²) in [4.78, 5) is 33.8. The summed E-state index contributed by atoms with van der Waals surface area (Å²) >= 11 is 6.02. The SMILES string of the molecule is CN(CC(=O)Nc1ccccc1Cl)C(=O)CN1CCN(c2ccc(C(F)(F)F)cn2)CC1. The molecule has 11 heteroatoms. The van der Waals surface area contributed by atoms with Gasteiger partial charge >= 0.3 is 6.18 Å². The van der Waals surface area contributed by atoms with Gasteiger partial charge in [0.05, 0.1) is 29.4 Å². The van der Waals surface area contributed by atoms with E-state index in [1.54, 1.807) is 31.3 Å². The van der Waals surface area contributed by atoms with Crippen molar-refractivity contribution in [3.05, 3.63) is 53.2 Å². The van der Waals surface area contributed by atoms with Crippen LogP contribution in [0, 0.1) is 0 Å². The Morgan fingerprint density at radius 3 is 2.41 bits per heavy atom. The number of aromatic nitrogens is 1. The molecule has 1 N–H and O–H groups in total. The monoisotopic (exact) mass is 469 g/mol. The number of hydrogen-bond donors (Lipinski definition) is 1. The van der Waals surface area contributed by atoms with Crippen LogP contribution in [0.5, 0.6) is 0 Å². The molecule has 0 atom stereocenters. The van der Waals surface area contributed by atoms with Gasteiger partial charge in [-0.2, -0.15) is 13.2 Å². The molecule has 1 saturated heterocycles. The van der Waals surface area contributed by atoms with Crippen molar-refractivity contribution in [1.29, 1.82) is 0 Å². The molecule has 1 aliphatic rings. The zero-order chi connectivity index (χ0) is 23.3. The molecular formula is C21H23ClF3N5O2. The molecule has 2 aromatic rings. The molecular weight excluding hydrogens is 447 g/mol. The number of nitrogens with one attached hydrogen (secondary N) is 1. The fourth-order valence-electron chi connectivity index (χ4n) is 3.24. The normalized spacial score (nSPS) is 14.8. The largest absolute Gasteiger partial charge is 0.417 e. The van der Waals surface area contributed by atoms with Gasteiger partial charge in [0.1, 0.15) is 5.82 Å². The second kappa shape index (κ2) is 10.2. The molecule has 7 nitrogen and oxygen atoms in total. The van der Waals surface area contributed by atoms with Crippen LogP contribution >= 0.6 is 11.6 Å². The smallest absolute Gasteiger partial charge is 0.354 e. The minimum atomic E-state index is -4.42. The lowest BCUT2D eigenvalue weighted by Gasteiger charge is -2.35. The number of alkyl halides is 3. The molecule has 1 aromatic heterocycles. The van der Waals surface area contributed by atoms with E-state index in [1.165, 1.54) is 11.0 Å². The zero-order valence-corrected chi connectivity index (χ0v) is 18.2. The van der Waals surface area contributed by atoms with Crippen LogP contribution < -0.4 is 10.2 Å². The molecule has 32 heavy (non-hydrogen) atoms. The summed E-state index contributed by atoms with van der Waals surface area (Å²) in [7, 11) is 1.55. The predicted molar refractivity (Wildman–Crippen MR) is 116 cm³/mol. The maximum absolute atomic E-state index is 12.7. The van der Waals surface area contributed by atoms with Crippen LogP contribution in [0.25, 0.3) is 0 Å². The highest BCUT2D eigenvalue weighted by molar-refractivity contribution is 6.33. The first kappa shape index (κ1) is 23.8. The van der Waals surface area contributed by atoms with E-state index < -0.39 is 11.7 Å². The number of carbonyl (C=O) groups excluding carboxylic acids is 2. The topological polar surface area (TPSA) is 68.8 Å². The minimum absolute atomic E-state index is 0.112. The molecule has 0 unspecified atom stereocenters. The van der Waals surface area contributed by atoms with Crippen LogP contribution in [0.4, 0.5) is 24.7 Å². The molecule has 172 valence electrons. The van der Waals surface area contributed by atoms with E-state index in [2.05, 4.69) is 10.3 Å². The standard InChI is InChI=1S/C21H23ClF3N5O2/c1-28(13-19(31)27-17-5-3-2-4-16(17)22)20(32)14-29-8-10-30(11-9-29)18-7-6-15(12-26-18)21(23,24)25/h2-7,12H,8-11,13-14H2,1H3,(H,27,31). The molecule has 2 heterocycles. The van der Waals surface area contributed by atoms with Crippen molar-refractivity contribution in [3.63, 3.8) is 0 Å². The molecule has 0 saturated carbocycles. The van der Waals surface area contributed by atoms with E-state index in [-0.39, 0.29) is 24.9 Å². The van der Waals surface area contributed by atoms with Crippen molar-refractivity contribution in [2.75, 3.05) is 56.5 Å². The van der Waals surface area contributed by atoms with Gasteiger partial charge in [0, 0.05) is 39.4 Å². The Bertz CT molecular complexity index is 947. The molecule has 0 radical (unpaired) electrons. The number of rotatable bonds is 6. The number of likely N-dealkylation sites (N-methyl/N-ethyl adjacent to an activating group) is 1. The lowest BCUT2D eigenvalue weighted by atomic mass is 10.2. The van der Waals surface area contributed by atoms with E-state index in [1.807, 2.05) is 9.80 Å². The lowest BCUT2D eigenvalue weighted by Crippen LogP contribution is -2.50. The van der Waals surface area contributed by atoms with E-state index in [0.717, 1.165) is 12.3 Å². The number of para-hydroxylation sites is 1. The first-order valence-electron chi connectivity index (χ1n) is 9.92. The second-order valence-corrected chi connectivity index (χ2v) is 7.85. The van der Waals surface area contributed by atoms with E-state index in [0.29, 0.717) is 42.7 Å². The number of halogens is 4. The van der Waals surface area contributed by atoms with Gasteiger partial charge in [0.2, 0.25) is 11.8 Å². The van der Waals surface area contributed by atoms with Crippen molar-refractivity contribution in [2.45, 2.75) is 6.18 Å². The molecule has 0 aliphatic carbocycles. The van der Waals surface area contributed by atoms with Gasteiger partial charge in [0.25, 0.3) is 0 Å². The number of benzene rings is 1. The fraction of sp³-hybridized carbons (Fsp3) is 0.381. The van der Waals surface area contributed by atoms with Crippen LogP contribution in [0.15, 0.2) is 42.6 Å². The van der Waals surface area contributed by atoms with Gasteiger partial charge in [-0.3, -0.25) is 14.5 Å². The number of pyridine rings is 1. The van der Waals surface area contributed by atoms with Gasteiger partial charge in [-0.15, -0.1) is 0 Å². The average Bonchev–Trinajstić information content (AvgIpc) is 2.75.